The predicted molar refractivity (Wildman–Crippen MR) is 168 cm³/mol. The van der Waals surface area contributed by atoms with Crippen LogP contribution in [-0.2, 0) is 4.84 Å². The highest BCUT2D eigenvalue weighted by atomic mass is 16.9. The largest absolute Gasteiger partial charge is 0.626 e. The second-order valence-corrected chi connectivity index (χ2v) is 12.3. The summed E-state index contributed by atoms with van der Waals surface area (Å²) in [5.74, 6) is 1.14. The molecule has 2 heterocycles. The zero-order valence-electron chi connectivity index (χ0n) is 26.4. The third kappa shape index (κ3) is 16.4. The molecule has 1 amide bonds. The van der Waals surface area contributed by atoms with E-state index < -0.39 is 11.0 Å². The van der Waals surface area contributed by atoms with Crippen LogP contribution in [0.2, 0.25) is 0 Å². The first kappa shape index (κ1) is 35.9. The van der Waals surface area contributed by atoms with E-state index in [1.165, 1.54) is 64.2 Å². The Morgan fingerprint density at radius 2 is 1.36 bits per heavy atom. The van der Waals surface area contributed by atoms with Crippen molar-refractivity contribution in [1.82, 2.24) is 9.88 Å². The van der Waals surface area contributed by atoms with Crippen molar-refractivity contribution in [2.45, 2.75) is 117 Å². The summed E-state index contributed by atoms with van der Waals surface area (Å²) in [6.45, 7) is 10.1. The highest BCUT2D eigenvalue weighted by Gasteiger charge is 2.20. The normalized spacial score (nSPS) is 14.8. The summed E-state index contributed by atoms with van der Waals surface area (Å²) in [5, 5.41) is 21.5. The zero-order valence-corrected chi connectivity index (χ0v) is 26.4. The molecule has 2 rings (SSSR count). The van der Waals surface area contributed by atoms with Crippen molar-refractivity contribution in [1.29, 1.82) is 0 Å². The Morgan fingerprint density at radius 1 is 0.857 bits per heavy atom. The summed E-state index contributed by atoms with van der Waals surface area (Å²) < 4.78 is 0. The fraction of sp³-hybridized carbons (Fsp3) is 0.812. The summed E-state index contributed by atoms with van der Waals surface area (Å²) in [4.78, 5) is 36.2. The van der Waals surface area contributed by atoms with Crippen LogP contribution < -0.4 is 9.96 Å². The molecule has 1 aliphatic rings. The molecule has 0 spiro atoms. The first-order valence-corrected chi connectivity index (χ1v) is 16.6. The van der Waals surface area contributed by atoms with Crippen LogP contribution in [0, 0.1) is 21.2 Å². The molecule has 0 aliphatic carbocycles. The minimum Gasteiger partial charge on any atom is -0.626 e. The van der Waals surface area contributed by atoms with Crippen molar-refractivity contribution in [2.75, 3.05) is 50.8 Å². The maximum Gasteiger partial charge on any atom is 0.345 e. The maximum absolute atomic E-state index is 12.6. The van der Waals surface area contributed by atoms with Gasteiger partial charge >= 0.3 is 5.91 Å². The number of piperazine rings is 1. The van der Waals surface area contributed by atoms with Gasteiger partial charge in [0, 0.05) is 38.9 Å². The number of carbonyl (C=O) groups excluding carboxylic acids is 1. The van der Waals surface area contributed by atoms with Crippen molar-refractivity contribution in [3.05, 3.63) is 39.2 Å². The van der Waals surface area contributed by atoms with Gasteiger partial charge in [0.2, 0.25) is 0 Å². The van der Waals surface area contributed by atoms with Gasteiger partial charge in [0.25, 0.3) is 5.09 Å². The molecular weight excluding hydrogens is 534 g/mol. The second-order valence-electron chi connectivity index (χ2n) is 12.3. The minimum absolute atomic E-state index is 0.221. The number of pyridine rings is 1. The number of nitrogens with zero attached hydrogens (tertiary/aromatic N) is 4. The summed E-state index contributed by atoms with van der Waals surface area (Å²) in [6.07, 6.45) is 20.1. The molecule has 1 aromatic rings. The monoisotopic (exact) mass is 591 g/mol. The molecule has 1 aliphatic heterocycles. The molecule has 1 N–H and O–H groups in total. The number of nitrogens with one attached hydrogen (secondary N) is 1. The van der Waals surface area contributed by atoms with Crippen molar-refractivity contribution in [3.63, 3.8) is 0 Å². The zero-order chi connectivity index (χ0) is 30.4. The van der Waals surface area contributed by atoms with E-state index in [1.807, 2.05) is 6.07 Å². The van der Waals surface area contributed by atoms with E-state index in [4.69, 9.17) is 0 Å². The fourth-order valence-electron chi connectivity index (χ4n) is 5.66. The van der Waals surface area contributed by atoms with E-state index in [1.54, 1.807) is 12.3 Å². The average molecular weight is 592 g/mol. The Labute approximate surface area is 253 Å². The molecule has 1 saturated heterocycles. The Kier molecular flexibility index (Phi) is 19.0. The third-order valence-electron chi connectivity index (χ3n) is 8.08. The van der Waals surface area contributed by atoms with Crippen molar-refractivity contribution in [2.24, 2.45) is 5.92 Å². The smallest absolute Gasteiger partial charge is 0.345 e. The molecule has 240 valence electrons. The first-order valence-electron chi connectivity index (χ1n) is 16.6. The molecule has 0 bridgehead atoms. The van der Waals surface area contributed by atoms with Crippen molar-refractivity contribution in [3.8, 4) is 0 Å². The van der Waals surface area contributed by atoms with E-state index in [9.17, 15) is 20.1 Å². The standard InChI is InChI=1S/C32H57N5O5/c1-29(2)28-34-22-24-35(25-23-34)31-20-19-30(27-33-31)32(38)36(39)21-17-15-13-11-9-7-5-3-4-6-8-10-12-14-16-18-26-42-37(40)41/h19-20,27,29,36H,3-18,21-26,28H2,1-2H3. The molecule has 1 aromatic heterocycles. The number of rotatable bonds is 24. The molecule has 10 heteroatoms. The SMILES string of the molecule is CC(C)CN1CCN(c2ccc(C(=O)[NH+]([O-])CCCCCCCCCCCCCCCCCCO[N+](=O)[O-])cn2)CC1. The van der Waals surface area contributed by atoms with Crippen LogP contribution in [0.1, 0.15) is 127 Å². The van der Waals surface area contributed by atoms with Crippen LogP contribution in [0.15, 0.2) is 18.3 Å². The van der Waals surface area contributed by atoms with Gasteiger partial charge in [-0.3, -0.25) is 4.90 Å². The Morgan fingerprint density at radius 3 is 1.81 bits per heavy atom. The van der Waals surface area contributed by atoms with Crippen LogP contribution in [-0.4, -0.2) is 66.8 Å². The number of aromatic nitrogens is 1. The van der Waals surface area contributed by atoms with Gasteiger partial charge < -0.3 is 20.0 Å². The quantitative estimate of drug-likeness (QED) is 0.0907. The van der Waals surface area contributed by atoms with E-state index in [2.05, 4.69) is 33.5 Å². The van der Waals surface area contributed by atoms with Crippen molar-refractivity contribution < 1.29 is 19.8 Å². The lowest BCUT2D eigenvalue weighted by Crippen LogP contribution is -3.10. The number of quaternary nitrogens is 1. The number of unbranched alkanes of at least 4 members (excludes halogenated alkanes) is 15. The third-order valence-corrected chi connectivity index (χ3v) is 8.08. The second kappa shape index (κ2) is 22.3. The number of anilines is 1. The number of hydroxylamine groups is 2. The van der Waals surface area contributed by atoms with Crippen molar-refractivity contribution >= 4 is 11.7 Å². The molecule has 42 heavy (non-hydrogen) atoms. The molecule has 1 atom stereocenters. The maximum atomic E-state index is 12.6. The van der Waals surface area contributed by atoms with Gasteiger partial charge in [-0.2, -0.15) is 0 Å². The van der Waals surface area contributed by atoms with Gasteiger partial charge in [-0.05, 0) is 37.3 Å². The fourth-order valence-corrected chi connectivity index (χ4v) is 5.66. The van der Waals surface area contributed by atoms with Gasteiger partial charge in [-0.15, -0.1) is 10.1 Å². The number of hydrogen-bond acceptors (Lipinski definition) is 8. The Bertz CT molecular complexity index is 846. The van der Waals surface area contributed by atoms with E-state index in [-0.39, 0.29) is 11.7 Å². The predicted octanol–water partition coefficient (Wildman–Crippen LogP) is 5.83. The van der Waals surface area contributed by atoms with E-state index in [0.29, 0.717) is 18.0 Å². The first-order chi connectivity index (χ1) is 20.4. The van der Waals surface area contributed by atoms with E-state index >= 15 is 0 Å². The summed E-state index contributed by atoms with van der Waals surface area (Å²) in [7, 11) is 0. The Balaban J connectivity index is 1.40. The lowest BCUT2D eigenvalue weighted by molar-refractivity contribution is -0.757. The van der Waals surface area contributed by atoms with Gasteiger partial charge in [0.1, 0.15) is 5.82 Å². The minimum atomic E-state index is -0.717. The topological polar surface area (TPSA) is 116 Å². The van der Waals surface area contributed by atoms with Crippen LogP contribution >= 0.6 is 0 Å². The van der Waals surface area contributed by atoms with Gasteiger partial charge in [-0.1, -0.05) is 97.3 Å². The van der Waals surface area contributed by atoms with Gasteiger partial charge in [0.05, 0.1) is 18.7 Å². The summed E-state index contributed by atoms with van der Waals surface area (Å²) in [6, 6.07) is 3.64. The molecule has 1 fully saturated rings. The molecule has 0 saturated carbocycles. The lowest BCUT2D eigenvalue weighted by atomic mass is 10.0. The number of carbonyl (C=O) groups is 1. The molecule has 10 nitrogen and oxygen atoms in total. The molecular formula is C32H57N5O5. The number of amides is 1. The van der Waals surface area contributed by atoms with Crippen LogP contribution in [0.25, 0.3) is 0 Å². The summed E-state index contributed by atoms with van der Waals surface area (Å²) >= 11 is 0. The van der Waals surface area contributed by atoms with Gasteiger partial charge in [0.15, 0.2) is 0 Å². The van der Waals surface area contributed by atoms with Crippen LogP contribution in [0.4, 0.5) is 5.82 Å². The van der Waals surface area contributed by atoms with Crippen LogP contribution in [0.5, 0.6) is 0 Å². The highest BCUT2D eigenvalue weighted by molar-refractivity contribution is 5.87. The van der Waals surface area contributed by atoms with E-state index in [0.717, 1.165) is 77.1 Å². The molecule has 0 radical (unpaired) electrons. The number of hydrogen-bond donors (Lipinski definition) is 1. The lowest BCUT2D eigenvalue weighted by Gasteiger charge is -2.36. The highest BCUT2D eigenvalue weighted by Crippen LogP contribution is 2.16. The average Bonchev–Trinajstić information content (AvgIpc) is 2.98. The van der Waals surface area contributed by atoms with Crippen LogP contribution in [0.3, 0.4) is 0 Å². The van der Waals surface area contributed by atoms with Gasteiger partial charge in [-0.25, -0.2) is 9.78 Å². The molecule has 1 unspecified atom stereocenters. The summed E-state index contributed by atoms with van der Waals surface area (Å²) in [5.41, 5.74) is 0.403. The Hall–Kier alpha value is -2.30. The molecule has 0 aromatic carbocycles.